The number of hydrogen-bond donors (Lipinski definition) is 0. The molecule has 66 valence electrons. The Hall–Kier alpha value is -0.760. The van der Waals surface area contributed by atoms with Gasteiger partial charge >= 0.3 is 0 Å². The number of nitrogens with zero attached hydrogens (tertiary/aromatic N) is 1. The summed E-state index contributed by atoms with van der Waals surface area (Å²) >= 11 is 5.96. The zero-order valence-electron chi connectivity index (χ0n) is 7.47. The zero-order valence-corrected chi connectivity index (χ0v) is 8.22. The monoisotopic (exact) mass is 185 g/mol. The van der Waals surface area contributed by atoms with Crippen LogP contribution in [0.2, 0.25) is 5.02 Å². The van der Waals surface area contributed by atoms with Crippen molar-refractivity contribution in [1.82, 2.24) is 4.98 Å². The maximum atomic E-state index is 5.96. The largest absolute Gasteiger partial charge is 0.495 e. The van der Waals surface area contributed by atoms with E-state index in [2.05, 4.69) is 18.8 Å². The molecule has 0 N–H and O–H groups in total. The summed E-state index contributed by atoms with van der Waals surface area (Å²) in [5, 5.41) is 0.671. The molecule has 0 radical (unpaired) electrons. The van der Waals surface area contributed by atoms with Crippen molar-refractivity contribution < 1.29 is 4.74 Å². The highest BCUT2D eigenvalue weighted by Gasteiger charge is 2.11. The van der Waals surface area contributed by atoms with Crippen molar-refractivity contribution in [1.29, 1.82) is 0 Å². The highest BCUT2D eigenvalue weighted by Crippen LogP contribution is 2.31. The molecule has 0 aliphatic rings. The van der Waals surface area contributed by atoms with E-state index >= 15 is 0 Å². The fraction of sp³-hybridized carbons (Fsp3) is 0.444. The minimum atomic E-state index is 0.357. The molecule has 0 saturated heterocycles. The van der Waals surface area contributed by atoms with Gasteiger partial charge in [0.15, 0.2) is 0 Å². The minimum Gasteiger partial charge on any atom is -0.495 e. The second kappa shape index (κ2) is 3.76. The van der Waals surface area contributed by atoms with E-state index in [0.29, 0.717) is 10.9 Å². The van der Waals surface area contributed by atoms with Gasteiger partial charge in [-0.3, -0.25) is 4.98 Å². The predicted octanol–water partition coefficient (Wildman–Crippen LogP) is 2.87. The summed E-state index contributed by atoms with van der Waals surface area (Å²) in [7, 11) is 1.62. The van der Waals surface area contributed by atoms with Crippen molar-refractivity contribution in [3.8, 4) is 5.75 Å². The number of ether oxygens (including phenoxy) is 1. The molecule has 1 rings (SSSR count). The van der Waals surface area contributed by atoms with Crippen molar-refractivity contribution in [2.24, 2.45) is 0 Å². The third-order valence-corrected chi connectivity index (χ3v) is 2.00. The summed E-state index contributed by atoms with van der Waals surface area (Å²) in [6, 6.07) is 0. The van der Waals surface area contributed by atoms with E-state index in [1.54, 1.807) is 19.5 Å². The van der Waals surface area contributed by atoms with E-state index in [1.807, 2.05) is 0 Å². The van der Waals surface area contributed by atoms with Crippen LogP contribution in [0.15, 0.2) is 12.4 Å². The van der Waals surface area contributed by atoms with Gasteiger partial charge in [-0.2, -0.15) is 0 Å². The van der Waals surface area contributed by atoms with E-state index in [9.17, 15) is 0 Å². The number of hydrogen-bond acceptors (Lipinski definition) is 2. The van der Waals surface area contributed by atoms with Gasteiger partial charge in [-0.05, 0) is 5.92 Å². The van der Waals surface area contributed by atoms with Crippen LogP contribution < -0.4 is 4.74 Å². The zero-order chi connectivity index (χ0) is 9.14. The standard InChI is InChI=1S/C9H12ClNO/c1-6(2)9-7(10)4-11-5-8(9)12-3/h4-6H,1-3H3. The molecule has 3 heteroatoms. The molecular weight excluding hydrogens is 174 g/mol. The number of halogens is 1. The first kappa shape index (κ1) is 9.33. The summed E-state index contributed by atoms with van der Waals surface area (Å²) < 4.78 is 5.14. The molecule has 0 unspecified atom stereocenters. The summed E-state index contributed by atoms with van der Waals surface area (Å²) in [6.07, 6.45) is 3.32. The summed E-state index contributed by atoms with van der Waals surface area (Å²) in [5.74, 6) is 1.12. The lowest BCUT2D eigenvalue weighted by Crippen LogP contribution is -1.96. The maximum Gasteiger partial charge on any atom is 0.142 e. The van der Waals surface area contributed by atoms with Crippen molar-refractivity contribution in [2.45, 2.75) is 19.8 Å². The molecule has 12 heavy (non-hydrogen) atoms. The summed E-state index contributed by atoms with van der Waals surface area (Å²) in [6.45, 7) is 4.15. The van der Waals surface area contributed by atoms with Gasteiger partial charge in [-0.25, -0.2) is 0 Å². The second-order valence-corrected chi connectivity index (χ2v) is 3.30. The Labute approximate surface area is 77.5 Å². The fourth-order valence-electron chi connectivity index (χ4n) is 1.15. The van der Waals surface area contributed by atoms with Gasteiger partial charge in [-0.15, -0.1) is 0 Å². The summed E-state index contributed by atoms with van der Waals surface area (Å²) in [4.78, 5) is 3.94. The SMILES string of the molecule is COc1cncc(Cl)c1C(C)C. The molecular formula is C9H12ClNO. The lowest BCUT2D eigenvalue weighted by molar-refractivity contribution is 0.405. The van der Waals surface area contributed by atoms with Crippen molar-refractivity contribution in [3.05, 3.63) is 23.0 Å². The first-order chi connectivity index (χ1) is 5.66. The van der Waals surface area contributed by atoms with Crippen LogP contribution in [0.3, 0.4) is 0 Å². The lowest BCUT2D eigenvalue weighted by atomic mass is 10.0. The van der Waals surface area contributed by atoms with Crippen molar-refractivity contribution in [2.75, 3.05) is 7.11 Å². The third kappa shape index (κ3) is 1.69. The van der Waals surface area contributed by atoms with Crippen LogP contribution in [-0.4, -0.2) is 12.1 Å². The van der Waals surface area contributed by atoms with Gasteiger partial charge in [0.2, 0.25) is 0 Å². The quantitative estimate of drug-likeness (QED) is 0.707. The van der Waals surface area contributed by atoms with Crippen LogP contribution in [0.1, 0.15) is 25.3 Å². The van der Waals surface area contributed by atoms with Gasteiger partial charge < -0.3 is 4.74 Å². The first-order valence-electron chi connectivity index (χ1n) is 3.84. The van der Waals surface area contributed by atoms with Gasteiger partial charge in [-0.1, -0.05) is 25.4 Å². The van der Waals surface area contributed by atoms with E-state index in [1.165, 1.54) is 0 Å². The average Bonchev–Trinajstić information content (AvgIpc) is 2.03. The average molecular weight is 186 g/mol. The third-order valence-electron chi connectivity index (χ3n) is 1.70. The molecule has 1 aromatic heterocycles. The van der Waals surface area contributed by atoms with E-state index in [0.717, 1.165) is 11.3 Å². The summed E-state index contributed by atoms with van der Waals surface area (Å²) in [5.41, 5.74) is 1.02. The van der Waals surface area contributed by atoms with Gasteiger partial charge in [0.1, 0.15) is 5.75 Å². The molecule has 1 heterocycles. The molecule has 2 nitrogen and oxygen atoms in total. The Morgan fingerprint density at radius 1 is 1.42 bits per heavy atom. The van der Waals surface area contributed by atoms with E-state index in [4.69, 9.17) is 16.3 Å². The van der Waals surface area contributed by atoms with E-state index in [-0.39, 0.29) is 0 Å². The smallest absolute Gasteiger partial charge is 0.142 e. The van der Waals surface area contributed by atoms with Crippen LogP contribution in [0.25, 0.3) is 0 Å². The number of aromatic nitrogens is 1. The van der Waals surface area contributed by atoms with Crippen molar-refractivity contribution in [3.63, 3.8) is 0 Å². The second-order valence-electron chi connectivity index (χ2n) is 2.89. The molecule has 0 aromatic carbocycles. The minimum absolute atomic E-state index is 0.357. The molecule has 0 atom stereocenters. The Bertz CT molecular complexity index is 273. The molecule has 0 amide bonds. The lowest BCUT2D eigenvalue weighted by Gasteiger charge is -2.11. The van der Waals surface area contributed by atoms with Crippen molar-refractivity contribution >= 4 is 11.6 Å². The Balaban J connectivity index is 3.20. The molecule has 0 saturated carbocycles. The molecule has 0 fully saturated rings. The predicted molar refractivity (Wildman–Crippen MR) is 49.9 cm³/mol. The molecule has 0 aliphatic carbocycles. The van der Waals surface area contributed by atoms with Crippen LogP contribution >= 0.6 is 11.6 Å². The fourth-order valence-corrected chi connectivity index (χ4v) is 1.52. The van der Waals surface area contributed by atoms with Crippen LogP contribution in [0.4, 0.5) is 0 Å². The Morgan fingerprint density at radius 2 is 2.08 bits per heavy atom. The molecule has 0 spiro atoms. The Morgan fingerprint density at radius 3 is 2.50 bits per heavy atom. The van der Waals surface area contributed by atoms with Crippen LogP contribution in [-0.2, 0) is 0 Å². The normalized spacial score (nSPS) is 10.4. The highest BCUT2D eigenvalue weighted by atomic mass is 35.5. The van der Waals surface area contributed by atoms with Gasteiger partial charge in [0, 0.05) is 11.8 Å². The highest BCUT2D eigenvalue weighted by molar-refractivity contribution is 6.31. The number of rotatable bonds is 2. The number of pyridine rings is 1. The number of methoxy groups -OCH3 is 1. The topological polar surface area (TPSA) is 22.1 Å². The van der Waals surface area contributed by atoms with Gasteiger partial charge in [0.05, 0.1) is 18.3 Å². The van der Waals surface area contributed by atoms with Crippen LogP contribution in [0.5, 0.6) is 5.75 Å². The molecule has 0 aliphatic heterocycles. The molecule has 0 bridgehead atoms. The molecule has 1 aromatic rings. The Kier molecular flexibility index (Phi) is 2.93. The maximum absolute atomic E-state index is 5.96. The van der Waals surface area contributed by atoms with E-state index < -0.39 is 0 Å². The van der Waals surface area contributed by atoms with Crippen LogP contribution in [0, 0.1) is 0 Å². The van der Waals surface area contributed by atoms with Gasteiger partial charge in [0.25, 0.3) is 0 Å². The first-order valence-corrected chi connectivity index (χ1v) is 4.22.